The molecular weight excluding hydrogens is 96.1 g/mol. The Balaban J connectivity index is 2.73. The third-order valence-electron chi connectivity index (χ3n) is 0.338. The Morgan fingerprint density at radius 1 is 1.83 bits per heavy atom. The predicted octanol–water partition coefficient (Wildman–Crippen LogP) is 0.855. The topological polar surface area (TPSA) is 20.2 Å². The van der Waals surface area contributed by atoms with Crippen molar-refractivity contribution in [2.45, 2.75) is 0 Å². The van der Waals surface area contributed by atoms with Gasteiger partial charge in [-0.1, -0.05) is 6.08 Å². The Hall–Kier alpha value is 0.0500. The largest absolute Gasteiger partial charge is 0.392 e. The molecule has 0 aliphatic carbocycles. The van der Waals surface area contributed by atoms with Crippen LogP contribution in [0.1, 0.15) is 0 Å². The van der Waals surface area contributed by atoms with E-state index in [1.807, 2.05) is 11.7 Å². The SMILES string of the molecule is CS/C=C/CO. The van der Waals surface area contributed by atoms with Crippen LogP contribution in [0.2, 0.25) is 0 Å². The van der Waals surface area contributed by atoms with Gasteiger partial charge in [-0.2, -0.15) is 0 Å². The average molecular weight is 104 g/mol. The summed E-state index contributed by atoms with van der Waals surface area (Å²) in [6, 6.07) is 0. The van der Waals surface area contributed by atoms with Crippen molar-refractivity contribution in [3.8, 4) is 0 Å². The van der Waals surface area contributed by atoms with Gasteiger partial charge in [-0.15, -0.1) is 11.8 Å². The number of aliphatic hydroxyl groups is 1. The van der Waals surface area contributed by atoms with E-state index >= 15 is 0 Å². The molecule has 0 heterocycles. The highest BCUT2D eigenvalue weighted by atomic mass is 32.2. The summed E-state index contributed by atoms with van der Waals surface area (Å²) in [5.41, 5.74) is 0. The van der Waals surface area contributed by atoms with E-state index in [0.717, 1.165) is 0 Å². The Bertz CT molecular complexity index is 36.8. The highest BCUT2D eigenvalue weighted by molar-refractivity contribution is 8.01. The van der Waals surface area contributed by atoms with Crippen molar-refractivity contribution in [2.75, 3.05) is 12.9 Å². The van der Waals surface area contributed by atoms with Crippen molar-refractivity contribution < 1.29 is 5.11 Å². The van der Waals surface area contributed by atoms with E-state index in [0.29, 0.717) is 0 Å². The minimum absolute atomic E-state index is 0.154. The summed E-state index contributed by atoms with van der Waals surface area (Å²) in [4.78, 5) is 0. The maximum atomic E-state index is 8.10. The Morgan fingerprint density at radius 2 is 2.50 bits per heavy atom. The van der Waals surface area contributed by atoms with Crippen molar-refractivity contribution >= 4 is 11.8 Å². The second-order valence-corrected chi connectivity index (χ2v) is 1.53. The molecule has 0 saturated heterocycles. The van der Waals surface area contributed by atoms with E-state index in [-0.39, 0.29) is 6.61 Å². The third-order valence-corrected chi connectivity index (χ3v) is 0.802. The summed E-state index contributed by atoms with van der Waals surface area (Å²) in [7, 11) is 0. The number of hydrogen-bond donors (Lipinski definition) is 1. The molecule has 36 valence electrons. The molecule has 0 amide bonds. The van der Waals surface area contributed by atoms with Gasteiger partial charge in [-0.25, -0.2) is 0 Å². The maximum Gasteiger partial charge on any atom is 0.0620 e. The Labute approximate surface area is 42.1 Å². The van der Waals surface area contributed by atoms with Crippen molar-refractivity contribution in [3.05, 3.63) is 11.5 Å². The lowest BCUT2D eigenvalue weighted by atomic mass is 10.7. The number of rotatable bonds is 2. The number of thioether (sulfide) groups is 1. The lowest BCUT2D eigenvalue weighted by Gasteiger charge is -1.73. The first-order valence-electron chi connectivity index (χ1n) is 1.70. The van der Waals surface area contributed by atoms with Crippen LogP contribution in [-0.4, -0.2) is 18.0 Å². The van der Waals surface area contributed by atoms with Crippen LogP contribution >= 0.6 is 11.8 Å². The molecule has 0 aliphatic rings. The van der Waals surface area contributed by atoms with Gasteiger partial charge in [0.05, 0.1) is 6.61 Å². The predicted molar refractivity (Wildman–Crippen MR) is 29.7 cm³/mol. The fraction of sp³-hybridized carbons (Fsp3) is 0.500. The molecule has 0 unspecified atom stereocenters. The van der Waals surface area contributed by atoms with Gasteiger partial charge >= 0.3 is 0 Å². The van der Waals surface area contributed by atoms with Gasteiger partial charge in [0.15, 0.2) is 0 Å². The molecule has 0 aromatic heterocycles. The molecule has 0 atom stereocenters. The molecule has 0 fully saturated rings. The summed E-state index contributed by atoms with van der Waals surface area (Å²) >= 11 is 1.59. The Morgan fingerprint density at radius 3 is 2.67 bits per heavy atom. The van der Waals surface area contributed by atoms with Crippen LogP contribution in [0.4, 0.5) is 0 Å². The molecule has 1 nitrogen and oxygen atoms in total. The zero-order chi connectivity index (χ0) is 4.83. The zero-order valence-corrected chi connectivity index (χ0v) is 4.53. The van der Waals surface area contributed by atoms with Crippen LogP contribution in [0.5, 0.6) is 0 Å². The van der Waals surface area contributed by atoms with E-state index in [1.165, 1.54) is 0 Å². The van der Waals surface area contributed by atoms with Crippen LogP contribution in [0.3, 0.4) is 0 Å². The molecule has 0 radical (unpaired) electrons. The van der Waals surface area contributed by atoms with Gasteiger partial charge in [0.2, 0.25) is 0 Å². The van der Waals surface area contributed by atoms with Crippen molar-refractivity contribution in [1.29, 1.82) is 0 Å². The van der Waals surface area contributed by atoms with Gasteiger partial charge in [0, 0.05) is 0 Å². The second kappa shape index (κ2) is 5.05. The van der Waals surface area contributed by atoms with Crippen molar-refractivity contribution in [2.24, 2.45) is 0 Å². The van der Waals surface area contributed by atoms with E-state index in [2.05, 4.69) is 0 Å². The lowest BCUT2D eigenvalue weighted by molar-refractivity contribution is 0.343. The lowest BCUT2D eigenvalue weighted by Crippen LogP contribution is -1.65. The van der Waals surface area contributed by atoms with Gasteiger partial charge < -0.3 is 5.11 Å². The summed E-state index contributed by atoms with van der Waals surface area (Å²) < 4.78 is 0. The second-order valence-electron chi connectivity index (χ2n) is 0.790. The fourth-order valence-electron chi connectivity index (χ4n) is 0.139. The van der Waals surface area contributed by atoms with Crippen LogP contribution < -0.4 is 0 Å². The average Bonchev–Trinajstić information content (AvgIpc) is 1.61. The fourth-order valence-corrected chi connectivity index (χ4v) is 0.418. The normalized spacial score (nSPS) is 10.3. The third kappa shape index (κ3) is 4.05. The highest BCUT2D eigenvalue weighted by Crippen LogP contribution is 1.90. The van der Waals surface area contributed by atoms with Crippen LogP contribution in [0, 0.1) is 0 Å². The first-order chi connectivity index (χ1) is 2.91. The molecule has 0 aliphatic heterocycles. The van der Waals surface area contributed by atoms with Crippen molar-refractivity contribution in [3.63, 3.8) is 0 Å². The molecule has 0 aromatic rings. The first-order valence-corrected chi connectivity index (χ1v) is 2.99. The van der Waals surface area contributed by atoms with Crippen LogP contribution in [0.15, 0.2) is 11.5 Å². The molecule has 0 rings (SSSR count). The molecule has 0 aromatic carbocycles. The van der Waals surface area contributed by atoms with E-state index in [1.54, 1.807) is 17.8 Å². The molecule has 2 heteroatoms. The minimum Gasteiger partial charge on any atom is -0.392 e. The standard InChI is InChI=1S/C4H8OS/c1-6-4-2-3-5/h2,4-5H,3H2,1H3/b4-2+. The summed E-state index contributed by atoms with van der Waals surface area (Å²) in [6.07, 6.45) is 3.65. The smallest absolute Gasteiger partial charge is 0.0620 e. The molecular formula is C4H8OS. The van der Waals surface area contributed by atoms with Gasteiger partial charge in [-0.05, 0) is 11.7 Å². The van der Waals surface area contributed by atoms with Gasteiger partial charge in [0.1, 0.15) is 0 Å². The highest BCUT2D eigenvalue weighted by Gasteiger charge is 1.60. The first kappa shape index (κ1) is 6.05. The number of aliphatic hydroxyl groups excluding tert-OH is 1. The minimum atomic E-state index is 0.154. The summed E-state index contributed by atoms with van der Waals surface area (Å²) in [5.74, 6) is 0. The van der Waals surface area contributed by atoms with E-state index in [9.17, 15) is 0 Å². The molecule has 0 saturated carbocycles. The summed E-state index contributed by atoms with van der Waals surface area (Å²) in [6.45, 7) is 0.154. The maximum absolute atomic E-state index is 8.10. The van der Waals surface area contributed by atoms with E-state index in [4.69, 9.17) is 5.11 Å². The molecule has 0 bridgehead atoms. The monoisotopic (exact) mass is 104 g/mol. The van der Waals surface area contributed by atoms with Crippen LogP contribution in [-0.2, 0) is 0 Å². The zero-order valence-electron chi connectivity index (χ0n) is 3.72. The van der Waals surface area contributed by atoms with E-state index < -0.39 is 0 Å². The molecule has 1 N–H and O–H groups in total. The van der Waals surface area contributed by atoms with Gasteiger partial charge in [-0.3, -0.25) is 0 Å². The van der Waals surface area contributed by atoms with Crippen LogP contribution in [0.25, 0.3) is 0 Å². The number of hydrogen-bond acceptors (Lipinski definition) is 2. The molecule has 0 spiro atoms. The summed E-state index contributed by atoms with van der Waals surface area (Å²) in [5, 5.41) is 9.94. The van der Waals surface area contributed by atoms with Crippen molar-refractivity contribution in [1.82, 2.24) is 0 Å². The Kier molecular flexibility index (Phi) is 5.09. The van der Waals surface area contributed by atoms with Gasteiger partial charge in [0.25, 0.3) is 0 Å². The molecule has 6 heavy (non-hydrogen) atoms. The quantitative estimate of drug-likeness (QED) is 0.560.